The lowest BCUT2D eigenvalue weighted by Crippen LogP contribution is -2.55. The predicted molar refractivity (Wildman–Crippen MR) is 170 cm³/mol. The summed E-state index contributed by atoms with van der Waals surface area (Å²) < 4.78 is 27.8. The molecule has 38 heavy (non-hydrogen) atoms. The molecule has 0 aromatic heterocycles. The van der Waals surface area contributed by atoms with Gasteiger partial charge in [-0.15, -0.1) is 0 Å². The second-order valence-electron chi connectivity index (χ2n) is 16.5. The minimum absolute atomic E-state index is 0.0332. The van der Waals surface area contributed by atoms with E-state index in [0.717, 1.165) is 5.75 Å². The Bertz CT molecular complexity index is 1000. The Morgan fingerprint density at radius 2 is 1.29 bits per heavy atom. The number of rotatable bonds is 8. The molecule has 0 radical (unpaired) electrons. The van der Waals surface area contributed by atoms with Crippen molar-refractivity contribution in [3.8, 4) is 5.75 Å². The lowest BCUT2D eigenvalue weighted by Gasteiger charge is -2.56. The monoisotopic (exact) mass is 592 g/mol. The molecule has 2 fully saturated rings. The Hall–Kier alpha value is -0.232. The van der Waals surface area contributed by atoms with E-state index in [4.69, 9.17) is 17.7 Å². The average Bonchev–Trinajstić information content (AvgIpc) is 3.02. The van der Waals surface area contributed by atoms with Crippen molar-refractivity contribution in [1.82, 2.24) is 0 Å². The van der Waals surface area contributed by atoms with Gasteiger partial charge in [-0.2, -0.15) is 0 Å². The quantitative estimate of drug-likeness (QED) is 0.282. The third-order valence-corrected chi connectivity index (χ3v) is 12.4. The van der Waals surface area contributed by atoms with Crippen molar-refractivity contribution < 1.29 is 17.7 Å². The van der Waals surface area contributed by atoms with Gasteiger partial charge in [0.1, 0.15) is 5.75 Å². The largest absolute Gasteiger partial charge is 0.544 e. The van der Waals surface area contributed by atoms with Crippen molar-refractivity contribution in [2.45, 2.75) is 135 Å². The number of benzene rings is 1. The topological polar surface area (TPSA) is 36.9 Å². The van der Waals surface area contributed by atoms with Gasteiger partial charge in [0.25, 0.3) is 0 Å². The molecule has 0 saturated heterocycles. The summed E-state index contributed by atoms with van der Waals surface area (Å²) in [6.45, 7) is 30.4. The van der Waals surface area contributed by atoms with Gasteiger partial charge >= 0.3 is 0 Å². The van der Waals surface area contributed by atoms with E-state index in [2.05, 4.69) is 104 Å². The molecule has 7 atom stereocenters. The zero-order valence-corrected chi connectivity index (χ0v) is 30.7. The SMILES string of the molecule is C[C@]12CC[C@@H]3c4ccc(O[Si](C)(C)C)cc4[C@H](O[Si](C)(C)C)[C@@H](O[Si](C)(C)C)[C@H]3[C@@H]1CC[C@@H]2O[Si](C)(C)C. The van der Waals surface area contributed by atoms with Gasteiger partial charge in [-0.1, -0.05) is 13.0 Å². The summed E-state index contributed by atoms with van der Waals surface area (Å²) in [6, 6.07) is 6.95. The van der Waals surface area contributed by atoms with E-state index >= 15 is 0 Å². The van der Waals surface area contributed by atoms with Crippen LogP contribution in [-0.4, -0.2) is 45.5 Å². The summed E-state index contributed by atoms with van der Waals surface area (Å²) in [7, 11) is -7.06. The van der Waals surface area contributed by atoms with Gasteiger partial charge < -0.3 is 17.7 Å². The summed E-state index contributed by atoms with van der Waals surface area (Å²) in [4.78, 5) is 0. The maximum absolute atomic E-state index is 7.27. The van der Waals surface area contributed by atoms with Crippen LogP contribution in [-0.2, 0) is 13.3 Å². The van der Waals surface area contributed by atoms with Gasteiger partial charge in [-0.25, -0.2) is 0 Å². The van der Waals surface area contributed by atoms with Crippen LogP contribution in [0, 0.1) is 17.3 Å². The molecule has 0 aliphatic heterocycles. The van der Waals surface area contributed by atoms with E-state index in [9.17, 15) is 0 Å². The van der Waals surface area contributed by atoms with Crippen LogP contribution in [0.3, 0.4) is 0 Å². The molecule has 3 aliphatic rings. The summed E-state index contributed by atoms with van der Waals surface area (Å²) in [5.74, 6) is 2.58. The molecule has 4 rings (SSSR count). The fourth-order valence-electron chi connectivity index (χ4n) is 7.58. The maximum atomic E-state index is 7.27. The second-order valence-corrected chi connectivity index (χ2v) is 34.3. The molecule has 0 N–H and O–H groups in total. The molecule has 8 heteroatoms. The first-order chi connectivity index (χ1) is 17.2. The van der Waals surface area contributed by atoms with E-state index in [1.54, 1.807) is 0 Å². The fraction of sp³-hybridized carbons (Fsp3) is 0.800. The molecule has 3 aliphatic carbocycles. The Balaban J connectivity index is 1.84. The first-order valence-electron chi connectivity index (χ1n) is 15.0. The molecule has 0 heterocycles. The normalized spacial score (nSPS) is 33.9. The first-order valence-corrected chi connectivity index (χ1v) is 28.7. The molecule has 4 nitrogen and oxygen atoms in total. The highest BCUT2D eigenvalue weighted by Crippen LogP contribution is 2.64. The number of hydrogen-bond donors (Lipinski definition) is 0. The van der Waals surface area contributed by atoms with Crippen LogP contribution in [0.4, 0.5) is 0 Å². The van der Waals surface area contributed by atoms with Crippen LogP contribution in [0.25, 0.3) is 0 Å². The minimum Gasteiger partial charge on any atom is -0.544 e. The summed E-state index contributed by atoms with van der Waals surface area (Å²) in [5.41, 5.74) is 3.04. The zero-order chi connectivity index (χ0) is 28.5. The maximum Gasteiger partial charge on any atom is 0.242 e. The number of fused-ring (bicyclic) bond motifs is 5. The third-order valence-electron chi connectivity index (χ3n) is 8.58. The third kappa shape index (κ3) is 6.79. The van der Waals surface area contributed by atoms with Crippen molar-refractivity contribution in [3.63, 3.8) is 0 Å². The number of hydrogen-bond acceptors (Lipinski definition) is 4. The van der Waals surface area contributed by atoms with Gasteiger partial charge in [0.05, 0.1) is 18.3 Å². The molecule has 0 unspecified atom stereocenters. The highest BCUT2D eigenvalue weighted by Gasteiger charge is 2.60. The van der Waals surface area contributed by atoms with E-state index in [-0.39, 0.29) is 17.6 Å². The fourth-order valence-corrected chi connectivity index (χ4v) is 11.8. The second kappa shape index (κ2) is 10.2. The van der Waals surface area contributed by atoms with E-state index < -0.39 is 33.3 Å². The molecule has 0 bridgehead atoms. The van der Waals surface area contributed by atoms with Crippen LogP contribution < -0.4 is 4.43 Å². The average molecular weight is 593 g/mol. The molecule has 216 valence electrons. The summed E-state index contributed by atoms with van der Waals surface area (Å²) in [6.07, 6.45) is 5.29. The standard InChI is InChI=1S/C30H56O4Si4/c1-30-19-18-23-22-15-14-21(31-35(2,3)4)20-24(22)28(33-37(8,9)10)29(34-38(11,12)13)27(23)25(30)16-17-26(30)32-36(5,6)7/h14-15,20,23,25-29H,16-19H2,1-13H3/t23-,25+,26+,27-,28+,29+,30+/m1/s1. The van der Waals surface area contributed by atoms with Crippen LogP contribution in [0.15, 0.2) is 18.2 Å². The molecule has 2 saturated carbocycles. The van der Waals surface area contributed by atoms with Crippen LogP contribution in [0.2, 0.25) is 78.6 Å². The highest BCUT2D eigenvalue weighted by atomic mass is 28.4. The van der Waals surface area contributed by atoms with Crippen molar-refractivity contribution in [1.29, 1.82) is 0 Å². The Morgan fingerprint density at radius 1 is 0.684 bits per heavy atom. The minimum atomic E-state index is -1.86. The van der Waals surface area contributed by atoms with E-state index in [1.165, 1.54) is 36.8 Å². The van der Waals surface area contributed by atoms with Crippen molar-refractivity contribution >= 4 is 33.3 Å². The highest BCUT2D eigenvalue weighted by molar-refractivity contribution is 6.71. The van der Waals surface area contributed by atoms with Gasteiger partial charge in [-0.3, -0.25) is 0 Å². The zero-order valence-electron chi connectivity index (χ0n) is 26.7. The van der Waals surface area contributed by atoms with Crippen molar-refractivity contribution in [2.24, 2.45) is 17.3 Å². The summed E-state index contributed by atoms with van der Waals surface area (Å²) >= 11 is 0. The van der Waals surface area contributed by atoms with Crippen molar-refractivity contribution in [3.05, 3.63) is 29.3 Å². The molecule has 1 aromatic rings. The lowest BCUT2D eigenvalue weighted by molar-refractivity contribution is -0.0911. The molecular weight excluding hydrogens is 537 g/mol. The molecule has 0 spiro atoms. The van der Waals surface area contributed by atoms with E-state index in [1.807, 2.05) is 0 Å². The van der Waals surface area contributed by atoms with Crippen LogP contribution in [0.1, 0.15) is 55.8 Å². The lowest BCUT2D eigenvalue weighted by atomic mass is 9.54. The molecule has 1 aromatic carbocycles. The molecule has 0 amide bonds. The smallest absolute Gasteiger partial charge is 0.242 e. The van der Waals surface area contributed by atoms with Gasteiger partial charge in [0.15, 0.2) is 25.0 Å². The van der Waals surface area contributed by atoms with Gasteiger partial charge in [0, 0.05) is 0 Å². The predicted octanol–water partition coefficient (Wildman–Crippen LogP) is 9.16. The van der Waals surface area contributed by atoms with Gasteiger partial charge in [0.2, 0.25) is 8.32 Å². The van der Waals surface area contributed by atoms with Gasteiger partial charge in [-0.05, 0) is 151 Å². The first kappa shape index (κ1) is 30.7. The van der Waals surface area contributed by atoms with Crippen molar-refractivity contribution in [2.75, 3.05) is 0 Å². The van der Waals surface area contributed by atoms with Crippen LogP contribution >= 0.6 is 0 Å². The Morgan fingerprint density at radius 3 is 1.84 bits per heavy atom. The van der Waals surface area contributed by atoms with E-state index in [0.29, 0.717) is 23.9 Å². The van der Waals surface area contributed by atoms with Crippen LogP contribution in [0.5, 0.6) is 5.75 Å². The Labute approximate surface area is 238 Å². The molecular formula is C30H56O4Si4. The Kier molecular flexibility index (Phi) is 8.28. The summed E-state index contributed by atoms with van der Waals surface area (Å²) in [5, 5.41) is 0.